The third-order valence-corrected chi connectivity index (χ3v) is 16.9. The minimum atomic E-state index is -0.939. The van der Waals surface area contributed by atoms with Crippen molar-refractivity contribution in [2.45, 2.75) is 344 Å². The molecule has 0 aromatic heterocycles. The molecule has 0 spiro atoms. The van der Waals surface area contributed by atoms with Crippen molar-refractivity contribution in [3.8, 4) is 0 Å². The van der Waals surface area contributed by atoms with E-state index in [1.165, 1.54) is 154 Å². The number of hydrogen-bond donors (Lipinski definition) is 2. The molecule has 0 aliphatic rings. The van der Waals surface area contributed by atoms with Gasteiger partial charge < -0.3 is 30.0 Å². The number of carboxylic acid groups (broad SMARTS) is 2. The molecule has 0 aromatic carbocycles. The van der Waals surface area contributed by atoms with Crippen LogP contribution in [0.4, 0.5) is 0 Å². The van der Waals surface area contributed by atoms with Crippen molar-refractivity contribution in [2.24, 2.45) is 0 Å². The van der Waals surface area contributed by atoms with Gasteiger partial charge in [0.15, 0.2) is 0 Å². The molecule has 0 heterocycles. The topological polar surface area (TPSA) is 121 Å². The van der Waals surface area contributed by atoms with Crippen LogP contribution in [-0.4, -0.2) is 55.5 Å². The number of rotatable bonds is 52. The maximum absolute atomic E-state index is 10.2. The van der Waals surface area contributed by atoms with E-state index in [0.29, 0.717) is 0 Å². The molecule has 0 rings (SSSR count). The second kappa shape index (κ2) is 65.1. The Bertz CT molecular complexity index is 910. The Balaban J connectivity index is -0.000000922. The molecule has 2 N–H and O–H groups in total. The Kier molecular flexibility index (Phi) is 68.4. The third-order valence-electron chi connectivity index (χ3n) is 12.8. The second-order valence-electron chi connectivity index (χ2n) is 19.9. The SMILES string of the molecule is CCCCCCCCCCC[CH2][Sn+2][CH2]CCCCCCCCCCC.CCCCCC[C@@H](O)C/C=C\CCCCCCCC(=O)[O-].CCCCCC[C@@H](O)C/C=C\CCCCCCCC(=O)[O-]. The van der Waals surface area contributed by atoms with Gasteiger partial charge in [-0.05, 0) is 77.0 Å². The Hall–Kier alpha value is -0.861. The fourth-order valence-corrected chi connectivity index (χ4v) is 11.9. The van der Waals surface area contributed by atoms with Crippen molar-refractivity contribution in [1.82, 2.24) is 0 Å². The van der Waals surface area contributed by atoms with E-state index in [0.717, 1.165) is 116 Å². The van der Waals surface area contributed by atoms with E-state index in [-0.39, 0.29) is 46.2 Å². The summed E-state index contributed by atoms with van der Waals surface area (Å²) in [5.74, 6) is -1.88. The monoisotopic (exact) mass is 1050 g/mol. The first-order valence-corrected chi connectivity index (χ1v) is 33.5. The zero-order valence-corrected chi connectivity index (χ0v) is 48.3. The minimum absolute atomic E-state index is 0.0377. The van der Waals surface area contributed by atoms with Gasteiger partial charge in [-0.3, -0.25) is 0 Å². The van der Waals surface area contributed by atoms with E-state index < -0.39 is 11.9 Å². The van der Waals surface area contributed by atoms with Crippen LogP contribution in [-0.2, 0) is 9.59 Å². The Morgan fingerprint density at radius 1 is 0.358 bits per heavy atom. The molecule has 0 radical (unpaired) electrons. The van der Waals surface area contributed by atoms with E-state index in [1.54, 1.807) is 21.7 Å². The molecule has 6 nitrogen and oxygen atoms in total. The summed E-state index contributed by atoms with van der Waals surface area (Å²) < 4.78 is 3.33. The Labute approximate surface area is 429 Å². The van der Waals surface area contributed by atoms with Crippen LogP contribution in [0.1, 0.15) is 323 Å². The standard InChI is InChI=1S/2C18H34O3.2C12H25.Sn/c2*1-2-3-4-11-14-17(19)15-12-9-7-5-6-8-10-13-16-18(20)21;2*1-3-5-7-9-11-12-10-8-6-4-2;/h2*9,12,17,19H,2-8,10-11,13-16H2,1H3,(H,20,21);2*1,3-12H2,2H3;/q;;;;+2/p-2/b2*12-9-;;;/t2*17-;;;/m11.../s1. The predicted molar refractivity (Wildman–Crippen MR) is 291 cm³/mol. The van der Waals surface area contributed by atoms with Crippen molar-refractivity contribution in [2.75, 3.05) is 0 Å². The number of carbonyl (C=O) groups is 2. The van der Waals surface area contributed by atoms with E-state index >= 15 is 0 Å². The van der Waals surface area contributed by atoms with Crippen molar-refractivity contribution in [3.05, 3.63) is 24.3 Å². The number of carbonyl (C=O) groups excluding carboxylic acids is 2. The molecule has 0 saturated heterocycles. The molecule has 7 heteroatoms. The van der Waals surface area contributed by atoms with Gasteiger partial charge in [0, 0.05) is 11.9 Å². The van der Waals surface area contributed by atoms with Gasteiger partial charge in [0.05, 0.1) is 12.2 Å². The summed E-state index contributed by atoms with van der Waals surface area (Å²) in [4.78, 5) is 20.4. The van der Waals surface area contributed by atoms with Gasteiger partial charge in [-0.15, -0.1) is 0 Å². The minimum Gasteiger partial charge on any atom is -0.550 e. The number of aliphatic carboxylic acids is 2. The quantitative estimate of drug-likeness (QED) is 0.0356. The summed E-state index contributed by atoms with van der Waals surface area (Å²) in [5, 5.41) is 40.0. The molecule has 2 atom stereocenters. The van der Waals surface area contributed by atoms with E-state index in [4.69, 9.17) is 0 Å². The van der Waals surface area contributed by atoms with Crippen LogP contribution >= 0.6 is 0 Å². The number of aliphatic hydroxyl groups is 2. The van der Waals surface area contributed by atoms with Gasteiger partial charge in [-0.1, -0.05) is 128 Å². The van der Waals surface area contributed by atoms with Gasteiger partial charge in [0.1, 0.15) is 0 Å². The van der Waals surface area contributed by atoms with Crippen LogP contribution in [0, 0.1) is 0 Å². The smallest absolute Gasteiger partial charge is 0.550 e. The Morgan fingerprint density at radius 2 is 0.612 bits per heavy atom. The third kappa shape index (κ3) is 74.2. The second-order valence-corrected chi connectivity index (χ2v) is 24.2. The normalized spacial score (nSPS) is 12.1. The molecule has 0 aromatic rings. The molecule has 0 unspecified atom stereocenters. The summed E-state index contributed by atoms with van der Waals surface area (Å²) in [6, 6.07) is 0. The van der Waals surface area contributed by atoms with Gasteiger partial charge in [0.25, 0.3) is 0 Å². The molecular formula is C60H116O6Sn. The molecule has 0 aliphatic heterocycles. The van der Waals surface area contributed by atoms with Crippen LogP contribution in [0.5, 0.6) is 0 Å². The summed E-state index contributed by atoms with van der Waals surface area (Å²) in [5.41, 5.74) is 0. The van der Waals surface area contributed by atoms with Gasteiger partial charge in [0.2, 0.25) is 0 Å². The van der Waals surface area contributed by atoms with E-state index in [2.05, 4.69) is 52.0 Å². The van der Waals surface area contributed by atoms with E-state index in [9.17, 15) is 30.0 Å². The molecule has 0 bridgehead atoms. The average Bonchev–Trinajstić information content (AvgIpc) is 3.31. The predicted octanol–water partition coefficient (Wildman–Crippen LogP) is 16.9. The average molecular weight is 1050 g/mol. The number of hydrogen-bond acceptors (Lipinski definition) is 6. The zero-order valence-electron chi connectivity index (χ0n) is 45.4. The first kappa shape index (κ1) is 70.4. The molecule has 0 amide bonds. The molecule has 396 valence electrons. The van der Waals surface area contributed by atoms with Gasteiger partial charge >= 0.3 is 172 Å². The summed E-state index contributed by atoms with van der Waals surface area (Å²) in [7, 11) is 0. The molecule has 67 heavy (non-hydrogen) atoms. The van der Waals surface area contributed by atoms with Crippen molar-refractivity contribution < 1.29 is 30.0 Å². The zero-order chi connectivity index (χ0) is 49.8. The summed E-state index contributed by atoms with van der Waals surface area (Å²) >= 11 is 0.0377. The first-order chi connectivity index (χ1) is 32.7. The van der Waals surface area contributed by atoms with Gasteiger partial charge in [-0.2, -0.15) is 0 Å². The number of allylic oxidation sites excluding steroid dienone is 2. The van der Waals surface area contributed by atoms with Crippen molar-refractivity contribution in [1.29, 1.82) is 0 Å². The van der Waals surface area contributed by atoms with Crippen LogP contribution < -0.4 is 10.2 Å². The van der Waals surface area contributed by atoms with Crippen molar-refractivity contribution in [3.63, 3.8) is 0 Å². The van der Waals surface area contributed by atoms with Gasteiger partial charge in [-0.25, -0.2) is 0 Å². The van der Waals surface area contributed by atoms with Crippen LogP contribution in [0.3, 0.4) is 0 Å². The van der Waals surface area contributed by atoms with Crippen molar-refractivity contribution >= 4 is 33.1 Å². The summed E-state index contributed by atoms with van der Waals surface area (Å²) in [6.07, 6.45) is 63.9. The molecule has 0 aliphatic carbocycles. The first-order valence-electron chi connectivity index (χ1n) is 29.5. The fraction of sp³-hybridized carbons (Fsp3) is 0.900. The summed E-state index contributed by atoms with van der Waals surface area (Å²) in [6.45, 7) is 9.01. The van der Waals surface area contributed by atoms with Crippen LogP contribution in [0.2, 0.25) is 8.87 Å². The molecular weight excluding hydrogens is 935 g/mol. The molecule has 0 saturated carbocycles. The molecule has 0 fully saturated rings. The maximum atomic E-state index is 10.2. The fourth-order valence-electron chi connectivity index (χ4n) is 8.32. The number of aliphatic hydroxyl groups excluding tert-OH is 2. The Morgan fingerprint density at radius 3 is 0.910 bits per heavy atom. The van der Waals surface area contributed by atoms with Crippen LogP contribution in [0.15, 0.2) is 24.3 Å². The van der Waals surface area contributed by atoms with E-state index in [1.807, 2.05) is 0 Å². The van der Waals surface area contributed by atoms with Crippen LogP contribution in [0.25, 0.3) is 0 Å². The number of unbranched alkanes of at least 4 members (excludes halogenated alkanes) is 34. The number of carboxylic acids is 2.